The van der Waals surface area contributed by atoms with Gasteiger partial charge in [0.15, 0.2) is 11.6 Å². The Morgan fingerprint density at radius 3 is 2.67 bits per heavy atom. The van der Waals surface area contributed by atoms with Crippen LogP contribution < -0.4 is 10.5 Å². The van der Waals surface area contributed by atoms with Crippen molar-refractivity contribution in [3.05, 3.63) is 29.8 Å². The number of nitriles is 1. The van der Waals surface area contributed by atoms with Crippen molar-refractivity contribution in [2.75, 3.05) is 6.61 Å². The van der Waals surface area contributed by atoms with Crippen LogP contribution in [0.2, 0.25) is 0 Å². The zero-order valence-corrected chi connectivity index (χ0v) is 10.2. The van der Waals surface area contributed by atoms with Gasteiger partial charge in [-0.2, -0.15) is 5.26 Å². The van der Waals surface area contributed by atoms with Crippen LogP contribution in [-0.2, 0) is 0 Å². The largest absolute Gasteiger partial charge is 0.493 e. The second-order valence-electron chi connectivity index (χ2n) is 4.41. The highest BCUT2D eigenvalue weighted by molar-refractivity contribution is 5.23. The average molecular weight is 254 g/mol. The zero-order chi connectivity index (χ0) is 13.6. The molecular weight excluding hydrogens is 238 g/mol. The van der Waals surface area contributed by atoms with Crippen LogP contribution in [0.4, 0.5) is 8.78 Å². The van der Waals surface area contributed by atoms with E-state index >= 15 is 0 Å². The highest BCUT2D eigenvalue weighted by Crippen LogP contribution is 2.16. The molecule has 98 valence electrons. The Morgan fingerprint density at radius 1 is 1.33 bits per heavy atom. The number of halogens is 2. The summed E-state index contributed by atoms with van der Waals surface area (Å²) in [7, 11) is 0. The standard InChI is InChI=1S/C13H16F2N2O/c1-13(17,9-16)6-2-3-7-18-10-4-5-11(14)12(15)8-10/h4-5,8H,2-3,6-7,17H2,1H3. The summed E-state index contributed by atoms with van der Waals surface area (Å²) in [6.07, 6.45) is 2.02. The molecular formula is C13H16F2N2O. The maximum absolute atomic E-state index is 12.8. The van der Waals surface area contributed by atoms with E-state index in [-0.39, 0.29) is 0 Å². The van der Waals surface area contributed by atoms with Gasteiger partial charge < -0.3 is 10.5 Å². The maximum Gasteiger partial charge on any atom is 0.162 e. The van der Waals surface area contributed by atoms with Crippen molar-refractivity contribution < 1.29 is 13.5 Å². The third-order valence-electron chi connectivity index (χ3n) is 2.51. The second kappa shape index (κ2) is 6.31. The summed E-state index contributed by atoms with van der Waals surface area (Å²) in [5.41, 5.74) is 4.84. The van der Waals surface area contributed by atoms with E-state index in [1.165, 1.54) is 6.07 Å². The minimum atomic E-state index is -0.925. The zero-order valence-electron chi connectivity index (χ0n) is 10.2. The topological polar surface area (TPSA) is 59.0 Å². The minimum Gasteiger partial charge on any atom is -0.493 e. The summed E-state index contributed by atoms with van der Waals surface area (Å²) in [4.78, 5) is 0. The van der Waals surface area contributed by atoms with Gasteiger partial charge in [-0.25, -0.2) is 8.78 Å². The van der Waals surface area contributed by atoms with Crippen molar-refractivity contribution >= 4 is 0 Å². The molecule has 0 aliphatic carbocycles. The highest BCUT2D eigenvalue weighted by atomic mass is 19.2. The Labute approximate surface area is 105 Å². The summed E-state index contributed by atoms with van der Waals surface area (Å²) < 4.78 is 30.7. The SMILES string of the molecule is CC(N)(C#N)CCCCOc1ccc(F)c(F)c1. The number of nitrogens with two attached hydrogens (primary N) is 1. The van der Waals surface area contributed by atoms with Gasteiger partial charge >= 0.3 is 0 Å². The molecule has 2 N–H and O–H groups in total. The third-order valence-corrected chi connectivity index (χ3v) is 2.51. The van der Waals surface area contributed by atoms with Gasteiger partial charge in [0.1, 0.15) is 11.3 Å². The Morgan fingerprint density at radius 2 is 2.06 bits per heavy atom. The number of unbranched alkanes of at least 4 members (excludes halogenated alkanes) is 1. The van der Waals surface area contributed by atoms with Crippen LogP contribution in [0.1, 0.15) is 26.2 Å². The molecule has 1 aromatic carbocycles. The van der Waals surface area contributed by atoms with Gasteiger partial charge in [0.05, 0.1) is 12.7 Å². The van der Waals surface area contributed by atoms with Crippen molar-refractivity contribution in [3.63, 3.8) is 0 Å². The van der Waals surface area contributed by atoms with Crippen LogP contribution in [-0.4, -0.2) is 12.1 Å². The first-order chi connectivity index (χ1) is 8.44. The fourth-order valence-corrected chi connectivity index (χ4v) is 1.41. The van der Waals surface area contributed by atoms with Crippen molar-refractivity contribution in [1.82, 2.24) is 0 Å². The van der Waals surface area contributed by atoms with E-state index in [9.17, 15) is 8.78 Å². The van der Waals surface area contributed by atoms with E-state index in [4.69, 9.17) is 15.7 Å². The molecule has 1 aromatic rings. The van der Waals surface area contributed by atoms with Gasteiger partial charge in [-0.05, 0) is 38.3 Å². The predicted octanol–water partition coefficient (Wildman–Crippen LogP) is 2.75. The molecule has 0 aliphatic heterocycles. The number of hydrogen-bond donors (Lipinski definition) is 1. The van der Waals surface area contributed by atoms with Gasteiger partial charge in [-0.1, -0.05) is 0 Å². The second-order valence-corrected chi connectivity index (χ2v) is 4.41. The van der Waals surface area contributed by atoms with E-state index < -0.39 is 17.2 Å². The van der Waals surface area contributed by atoms with Crippen LogP contribution in [0.3, 0.4) is 0 Å². The lowest BCUT2D eigenvalue weighted by Gasteiger charge is -2.14. The van der Waals surface area contributed by atoms with E-state index in [0.717, 1.165) is 18.6 Å². The molecule has 0 heterocycles. The number of ether oxygens (including phenoxy) is 1. The molecule has 0 fully saturated rings. The van der Waals surface area contributed by atoms with Crippen molar-refractivity contribution in [1.29, 1.82) is 5.26 Å². The molecule has 5 heteroatoms. The summed E-state index contributed by atoms with van der Waals surface area (Å²) in [5.74, 6) is -1.52. The summed E-state index contributed by atoms with van der Waals surface area (Å²) in [5, 5.41) is 8.70. The quantitative estimate of drug-likeness (QED) is 0.794. The highest BCUT2D eigenvalue weighted by Gasteiger charge is 2.15. The lowest BCUT2D eigenvalue weighted by Crippen LogP contribution is -2.33. The smallest absolute Gasteiger partial charge is 0.162 e. The lowest BCUT2D eigenvalue weighted by molar-refractivity contribution is 0.298. The van der Waals surface area contributed by atoms with E-state index in [0.29, 0.717) is 25.2 Å². The van der Waals surface area contributed by atoms with Gasteiger partial charge in [0, 0.05) is 6.07 Å². The molecule has 0 spiro atoms. The van der Waals surface area contributed by atoms with Gasteiger partial charge in [-0.3, -0.25) is 0 Å². The first-order valence-electron chi connectivity index (χ1n) is 5.72. The van der Waals surface area contributed by atoms with Crippen molar-refractivity contribution in [2.24, 2.45) is 5.73 Å². The number of nitrogens with zero attached hydrogens (tertiary/aromatic N) is 1. The van der Waals surface area contributed by atoms with E-state index in [2.05, 4.69) is 0 Å². The summed E-state index contributed by atoms with van der Waals surface area (Å²) in [6, 6.07) is 5.42. The lowest BCUT2D eigenvalue weighted by atomic mass is 9.98. The molecule has 0 saturated carbocycles. The molecule has 1 rings (SSSR count). The fraction of sp³-hybridized carbons (Fsp3) is 0.462. The van der Waals surface area contributed by atoms with Gasteiger partial charge in [-0.15, -0.1) is 0 Å². The molecule has 0 saturated heterocycles. The normalized spacial score (nSPS) is 13.7. The number of benzene rings is 1. The molecule has 0 radical (unpaired) electrons. The Balaban J connectivity index is 2.26. The molecule has 0 amide bonds. The Kier molecular flexibility index (Phi) is 5.05. The Bertz CT molecular complexity index is 441. The third kappa shape index (κ3) is 4.68. The first kappa shape index (κ1) is 14.4. The molecule has 0 aromatic heterocycles. The molecule has 0 aliphatic rings. The minimum absolute atomic E-state index is 0.296. The maximum atomic E-state index is 12.8. The molecule has 18 heavy (non-hydrogen) atoms. The summed E-state index contributed by atoms with van der Waals surface area (Å²) in [6.45, 7) is 2.05. The van der Waals surface area contributed by atoms with Crippen LogP contribution in [0.5, 0.6) is 5.75 Å². The van der Waals surface area contributed by atoms with E-state index in [1.54, 1.807) is 6.92 Å². The van der Waals surface area contributed by atoms with Crippen molar-refractivity contribution in [3.8, 4) is 11.8 Å². The van der Waals surface area contributed by atoms with Crippen LogP contribution in [0.25, 0.3) is 0 Å². The van der Waals surface area contributed by atoms with Gasteiger partial charge in [0.25, 0.3) is 0 Å². The van der Waals surface area contributed by atoms with E-state index in [1.807, 2.05) is 6.07 Å². The average Bonchev–Trinajstić information content (AvgIpc) is 2.33. The molecule has 1 unspecified atom stereocenters. The Hall–Kier alpha value is -1.67. The van der Waals surface area contributed by atoms with Crippen LogP contribution >= 0.6 is 0 Å². The van der Waals surface area contributed by atoms with Crippen LogP contribution in [0.15, 0.2) is 18.2 Å². The number of rotatable bonds is 6. The summed E-state index contributed by atoms with van der Waals surface area (Å²) >= 11 is 0. The first-order valence-corrected chi connectivity index (χ1v) is 5.72. The molecule has 0 bridgehead atoms. The number of hydrogen-bond acceptors (Lipinski definition) is 3. The monoisotopic (exact) mass is 254 g/mol. The molecule has 3 nitrogen and oxygen atoms in total. The molecule has 1 atom stereocenters. The van der Waals surface area contributed by atoms with Gasteiger partial charge in [0.2, 0.25) is 0 Å². The van der Waals surface area contributed by atoms with Crippen LogP contribution in [0, 0.1) is 23.0 Å². The van der Waals surface area contributed by atoms with Crippen molar-refractivity contribution in [2.45, 2.75) is 31.7 Å². The fourth-order valence-electron chi connectivity index (χ4n) is 1.41. The predicted molar refractivity (Wildman–Crippen MR) is 63.9 cm³/mol.